The first kappa shape index (κ1) is 23.9. The number of nitrogens with one attached hydrogen (secondary N) is 1. The van der Waals surface area contributed by atoms with Crippen molar-refractivity contribution in [1.29, 1.82) is 5.26 Å². The van der Waals surface area contributed by atoms with E-state index in [1.165, 1.54) is 13.2 Å². The Bertz CT molecular complexity index is 1190. The summed E-state index contributed by atoms with van der Waals surface area (Å²) in [5, 5.41) is 12.3. The van der Waals surface area contributed by atoms with E-state index in [-0.39, 0.29) is 5.57 Å². The number of ether oxygens (including phenoxy) is 3. The largest absolute Gasteiger partial charge is 0.494 e. The van der Waals surface area contributed by atoms with Gasteiger partial charge in [0.15, 0.2) is 11.5 Å². The summed E-state index contributed by atoms with van der Waals surface area (Å²) in [5.41, 5.74) is 2.12. The molecule has 6 nitrogen and oxygen atoms in total. The van der Waals surface area contributed by atoms with Crippen LogP contribution in [-0.2, 0) is 11.4 Å². The number of halogens is 1. The summed E-state index contributed by atoms with van der Waals surface area (Å²) >= 11 is 3.51. The number of nitrogens with zero attached hydrogens (tertiary/aromatic N) is 1. The Hall–Kier alpha value is -3.76. The maximum Gasteiger partial charge on any atom is 0.266 e. The molecule has 7 heteroatoms. The van der Waals surface area contributed by atoms with E-state index in [1.54, 1.807) is 36.4 Å². The smallest absolute Gasteiger partial charge is 0.266 e. The Kier molecular flexibility index (Phi) is 8.50. The Morgan fingerprint density at radius 1 is 1.09 bits per heavy atom. The van der Waals surface area contributed by atoms with E-state index in [2.05, 4.69) is 21.2 Å². The molecule has 0 unspecified atom stereocenters. The number of benzene rings is 3. The molecule has 0 aliphatic heterocycles. The lowest BCUT2D eigenvalue weighted by molar-refractivity contribution is -0.112. The second kappa shape index (κ2) is 11.7. The van der Waals surface area contributed by atoms with Crippen LogP contribution < -0.4 is 19.5 Å². The molecule has 168 valence electrons. The van der Waals surface area contributed by atoms with E-state index in [0.29, 0.717) is 46.2 Å². The third-order valence-electron chi connectivity index (χ3n) is 4.56. The molecule has 0 saturated heterocycles. The van der Waals surface area contributed by atoms with Crippen molar-refractivity contribution in [3.8, 4) is 23.3 Å². The third kappa shape index (κ3) is 6.61. The number of carbonyl (C=O) groups excluding carboxylic acids is 1. The van der Waals surface area contributed by atoms with Gasteiger partial charge in [-0.25, -0.2) is 0 Å². The van der Waals surface area contributed by atoms with Crippen LogP contribution in [0.2, 0.25) is 0 Å². The minimum absolute atomic E-state index is 0.0521. The quantitative estimate of drug-likeness (QED) is 0.285. The summed E-state index contributed by atoms with van der Waals surface area (Å²) in [5.74, 6) is 1.13. The van der Waals surface area contributed by atoms with Gasteiger partial charge in [-0.3, -0.25) is 4.79 Å². The monoisotopic (exact) mass is 506 g/mol. The number of hydrogen-bond acceptors (Lipinski definition) is 5. The predicted octanol–water partition coefficient (Wildman–Crippen LogP) is 5.98. The highest BCUT2D eigenvalue weighted by Gasteiger charge is 2.14. The lowest BCUT2D eigenvalue weighted by Gasteiger charge is -2.14. The van der Waals surface area contributed by atoms with E-state index >= 15 is 0 Å². The second-order valence-electron chi connectivity index (χ2n) is 6.89. The molecule has 3 aromatic rings. The standard InChI is InChI=1S/C26H23BrN2O4/c1-3-32-22-11-7-10-21(15-22)29-26(30)20(16-28)12-19-13-23(27)25(24(14-19)31-2)33-17-18-8-5-4-6-9-18/h4-15H,3,17H2,1-2H3,(H,29,30). The maximum atomic E-state index is 12.7. The maximum absolute atomic E-state index is 12.7. The number of anilines is 1. The van der Waals surface area contributed by atoms with E-state index in [9.17, 15) is 10.1 Å². The van der Waals surface area contributed by atoms with Gasteiger partial charge in [0.25, 0.3) is 5.91 Å². The van der Waals surface area contributed by atoms with Gasteiger partial charge in [-0.15, -0.1) is 0 Å². The lowest BCUT2D eigenvalue weighted by Crippen LogP contribution is -2.13. The van der Waals surface area contributed by atoms with Crippen LogP contribution in [0.1, 0.15) is 18.1 Å². The molecule has 3 rings (SSSR count). The number of methoxy groups -OCH3 is 1. The van der Waals surface area contributed by atoms with Gasteiger partial charge in [0.1, 0.15) is 24.0 Å². The molecule has 0 radical (unpaired) electrons. The van der Waals surface area contributed by atoms with Crippen molar-refractivity contribution in [2.45, 2.75) is 13.5 Å². The van der Waals surface area contributed by atoms with Crippen molar-refractivity contribution in [1.82, 2.24) is 0 Å². The summed E-state index contributed by atoms with van der Waals surface area (Å²) in [6.07, 6.45) is 1.50. The van der Waals surface area contributed by atoms with Crippen molar-refractivity contribution < 1.29 is 19.0 Å². The third-order valence-corrected chi connectivity index (χ3v) is 5.15. The Morgan fingerprint density at radius 3 is 2.58 bits per heavy atom. The number of carbonyl (C=O) groups is 1. The van der Waals surface area contributed by atoms with Crippen molar-refractivity contribution in [2.75, 3.05) is 19.0 Å². The zero-order valence-corrected chi connectivity index (χ0v) is 19.9. The van der Waals surface area contributed by atoms with Gasteiger partial charge < -0.3 is 19.5 Å². The predicted molar refractivity (Wildman–Crippen MR) is 131 cm³/mol. The summed E-state index contributed by atoms with van der Waals surface area (Å²) < 4.78 is 17.5. The molecule has 1 N–H and O–H groups in total. The van der Waals surface area contributed by atoms with Crippen LogP contribution in [0.25, 0.3) is 6.08 Å². The van der Waals surface area contributed by atoms with Gasteiger partial charge in [0, 0.05) is 11.8 Å². The minimum Gasteiger partial charge on any atom is -0.494 e. The molecule has 1 amide bonds. The van der Waals surface area contributed by atoms with Gasteiger partial charge in [-0.05, 0) is 64.3 Å². The highest BCUT2D eigenvalue weighted by Crippen LogP contribution is 2.37. The molecule has 0 aliphatic rings. The van der Waals surface area contributed by atoms with E-state index in [4.69, 9.17) is 14.2 Å². The Labute approximate surface area is 201 Å². The van der Waals surface area contributed by atoms with Crippen LogP contribution in [0.4, 0.5) is 5.69 Å². The Balaban J connectivity index is 1.80. The topological polar surface area (TPSA) is 80.6 Å². The highest BCUT2D eigenvalue weighted by atomic mass is 79.9. The Morgan fingerprint density at radius 2 is 1.88 bits per heavy atom. The van der Waals surface area contributed by atoms with Crippen LogP contribution in [0, 0.1) is 11.3 Å². The molecular weight excluding hydrogens is 484 g/mol. The molecule has 0 fully saturated rings. The highest BCUT2D eigenvalue weighted by molar-refractivity contribution is 9.10. The van der Waals surface area contributed by atoms with E-state index in [0.717, 1.165) is 5.56 Å². The number of hydrogen-bond donors (Lipinski definition) is 1. The molecule has 0 aliphatic carbocycles. The summed E-state index contributed by atoms with van der Waals surface area (Å²) in [6.45, 7) is 2.77. The molecule has 33 heavy (non-hydrogen) atoms. The SMILES string of the molecule is CCOc1cccc(NC(=O)C(C#N)=Cc2cc(Br)c(OCc3ccccc3)c(OC)c2)c1. The van der Waals surface area contributed by atoms with Crippen molar-refractivity contribution >= 4 is 33.6 Å². The van der Waals surface area contributed by atoms with Crippen LogP contribution in [-0.4, -0.2) is 19.6 Å². The first-order valence-corrected chi connectivity index (χ1v) is 11.0. The van der Waals surface area contributed by atoms with Crippen molar-refractivity contribution in [3.05, 3.63) is 87.9 Å². The fourth-order valence-corrected chi connectivity index (χ4v) is 3.61. The molecule has 3 aromatic carbocycles. The van der Waals surface area contributed by atoms with E-state index < -0.39 is 5.91 Å². The molecule has 0 atom stereocenters. The average Bonchev–Trinajstić information content (AvgIpc) is 2.82. The molecule has 0 spiro atoms. The van der Waals surface area contributed by atoms with Gasteiger partial charge >= 0.3 is 0 Å². The van der Waals surface area contributed by atoms with E-state index in [1.807, 2.05) is 43.3 Å². The summed E-state index contributed by atoms with van der Waals surface area (Å²) in [4.78, 5) is 12.7. The zero-order valence-electron chi connectivity index (χ0n) is 18.3. The van der Waals surface area contributed by atoms with Gasteiger partial charge in [-0.1, -0.05) is 36.4 Å². The molecule has 0 aromatic heterocycles. The van der Waals surface area contributed by atoms with Crippen molar-refractivity contribution in [3.63, 3.8) is 0 Å². The lowest BCUT2D eigenvalue weighted by atomic mass is 10.1. The van der Waals surface area contributed by atoms with Crippen LogP contribution in [0.3, 0.4) is 0 Å². The first-order valence-electron chi connectivity index (χ1n) is 10.2. The fraction of sp³-hybridized carbons (Fsp3) is 0.154. The van der Waals surface area contributed by atoms with Gasteiger partial charge in [-0.2, -0.15) is 5.26 Å². The summed E-state index contributed by atoms with van der Waals surface area (Å²) in [6, 6.07) is 22.2. The minimum atomic E-state index is -0.523. The number of rotatable bonds is 9. The fourth-order valence-electron chi connectivity index (χ4n) is 3.04. The first-order chi connectivity index (χ1) is 16.0. The van der Waals surface area contributed by atoms with Crippen LogP contribution in [0.15, 0.2) is 76.8 Å². The number of amides is 1. The number of nitriles is 1. The molecule has 0 saturated carbocycles. The average molecular weight is 507 g/mol. The molecular formula is C26H23BrN2O4. The molecule has 0 heterocycles. The van der Waals surface area contributed by atoms with Gasteiger partial charge in [0.2, 0.25) is 0 Å². The van der Waals surface area contributed by atoms with Crippen LogP contribution in [0.5, 0.6) is 17.2 Å². The van der Waals surface area contributed by atoms with Gasteiger partial charge in [0.05, 0.1) is 18.2 Å². The zero-order chi connectivity index (χ0) is 23.6. The second-order valence-corrected chi connectivity index (χ2v) is 7.75. The van der Waals surface area contributed by atoms with Crippen molar-refractivity contribution in [2.24, 2.45) is 0 Å². The summed E-state index contributed by atoms with van der Waals surface area (Å²) in [7, 11) is 1.54. The normalized spacial score (nSPS) is 10.8. The van der Waals surface area contributed by atoms with Crippen LogP contribution >= 0.6 is 15.9 Å². The molecule has 0 bridgehead atoms.